The number of phenols is 1. The molecule has 0 aliphatic heterocycles. The van der Waals surface area contributed by atoms with Crippen molar-refractivity contribution in [3.63, 3.8) is 0 Å². The molecule has 0 radical (unpaired) electrons. The first-order valence-electron chi connectivity index (χ1n) is 5.45. The van der Waals surface area contributed by atoms with Gasteiger partial charge in [-0.15, -0.1) is 0 Å². The zero-order valence-electron chi connectivity index (χ0n) is 9.99. The SMILES string of the molecule is Cc1cc(Br)ccc1N=Cc1cc(Cl)cc(Br)c1O. The van der Waals surface area contributed by atoms with Crippen LogP contribution in [-0.2, 0) is 0 Å². The van der Waals surface area contributed by atoms with E-state index in [2.05, 4.69) is 36.9 Å². The molecule has 0 aliphatic carbocycles. The second-order valence-corrected chi connectivity index (χ2v) is 6.22. The second-order valence-electron chi connectivity index (χ2n) is 4.01. The van der Waals surface area contributed by atoms with Crippen molar-refractivity contribution in [3.05, 3.63) is 55.4 Å². The highest BCUT2D eigenvalue weighted by Crippen LogP contribution is 2.31. The fraction of sp³-hybridized carbons (Fsp3) is 0.0714. The molecule has 0 spiro atoms. The molecule has 0 saturated carbocycles. The highest BCUT2D eigenvalue weighted by atomic mass is 79.9. The van der Waals surface area contributed by atoms with Crippen molar-refractivity contribution in [3.8, 4) is 5.75 Å². The van der Waals surface area contributed by atoms with E-state index in [-0.39, 0.29) is 5.75 Å². The highest BCUT2D eigenvalue weighted by Gasteiger charge is 2.05. The third-order valence-electron chi connectivity index (χ3n) is 2.56. The van der Waals surface area contributed by atoms with E-state index in [4.69, 9.17) is 11.6 Å². The van der Waals surface area contributed by atoms with E-state index in [1.165, 1.54) is 0 Å². The smallest absolute Gasteiger partial charge is 0.138 e. The number of hydrogen-bond donors (Lipinski definition) is 1. The van der Waals surface area contributed by atoms with Crippen molar-refractivity contribution >= 4 is 55.4 Å². The Morgan fingerprint density at radius 2 is 1.95 bits per heavy atom. The molecule has 0 atom stereocenters. The van der Waals surface area contributed by atoms with Crippen LogP contribution in [0.2, 0.25) is 5.02 Å². The molecule has 98 valence electrons. The van der Waals surface area contributed by atoms with Crippen molar-refractivity contribution in [2.24, 2.45) is 4.99 Å². The minimum atomic E-state index is 0.128. The maximum absolute atomic E-state index is 9.91. The summed E-state index contributed by atoms with van der Waals surface area (Å²) in [6.45, 7) is 1.98. The molecule has 0 saturated heterocycles. The maximum atomic E-state index is 9.91. The van der Waals surface area contributed by atoms with E-state index in [0.717, 1.165) is 15.7 Å². The van der Waals surface area contributed by atoms with Crippen LogP contribution in [0.3, 0.4) is 0 Å². The molecule has 0 bridgehead atoms. The fourth-order valence-corrected chi connectivity index (χ4v) is 2.90. The van der Waals surface area contributed by atoms with E-state index < -0.39 is 0 Å². The van der Waals surface area contributed by atoms with Gasteiger partial charge >= 0.3 is 0 Å². The van der Waals surface area contributed by atoms with Crippen LogP contribution in [0.5, 0.6) is 5.75 Å². The molecule has 1 N–H and O–H groups in total. The number of rotatable bonds is 2. The standard InChI is InChI=1S/C14H10Br2ClNO/c1-8-4-10(15)2-3-13(8)18-7-9-5-11(17)6-12(16)14(9)19/h2-7,19H,1H3. The number of hydrogen-bond acceptors (Lipinski definition) is 2. The summed E-state index contributed by atoms with van der Waals surface area (Å²) in [5.41, 5.74) is 2.46. The van der Waals surface area contributed by atoms with Crippen LogP contribution in [0.1, 0.15) is 11.1 Å². The Balaban J connectivity index is 2.38. The van der Waals surface area contributed by atoms with Crippen molar-refractivity contribution in [2.45, 2.75) is 6.92 Å². The Morgan fingerprint density at radius 1 is 1.21 bits per heavy atom. The molecule has 5 heteroatoms. The van der Waals surface area contributed by atoms with E-state index in [1.807, 2.05) is 25.1 Å². The molecule has 0 fully saturated rings. The first kappa shape index (κ1) is 14.6. The van der Waals surface area contributed by atoms with Gasteiger partial charge in [-0.3, -0.25) is 4.99 Å². The van der Waals surface area contributed by atoms with Crippen LogP contribution in [-0.4, -0.2) is 11.3 Å². The fourth-order valence-electron chi connectivity index (χ4n) is 1.59. The predicted octanol–water partition coefficient (Wildman–Crippen LogP) is 5.63. The molecule has 0 aliphatic rings. The van der Waals surface area contributed by atoms with Crippen LogP contribution in [0.4, 0.5) is 5.69 Å². The topological polar surface area (TPSA) is 32.6 Å². The molecule has 2 nitrogen and oxygen atoms in total. The summed E-state index contributed by atoms with van der Waals surface area (Å²) in [6, 6.07) is 9.12. The van der Waals surface area contributed by atoms with Crippen LogP contribution in [0.15, 0.2) is 44.3 Å². The summed E-state index contributed by atoms with van der Waals surface area (Å²) < 4.78 is 1.56. The van der Waals surface area contributed by atoms with Gasteiger partial charge in [-0.05, 0) is 58.7 Å². The third-order valence-corrected chi connectivity index (χ3v) is 3.88. The predicted molar refractivity (Wildman–Crippen MR) is 86.9 cm³/mol. The van der Waals surface area contributed by atoms with Crippen molar-refractivity contribution in [1.82, 2.24) is 0 Å². The number of phenolic OH excluding ortho intramolecular Hbond substituents is 1. The lowest BCUT2D eigenvalue weighted by molar-refractivity contribution is 0.471. The van der Waals surface area contributed by atoms with E-state index >= 15 is 0 Å². The molecule has 2 aromatic carbocycles. The zero-order chi connectivity index (χ0) is 14.0. The van der Waals surface area contributed by atoms with Gasteiger partial charge in [-0.2, -0.15) is 0 Å². The normalized spacial score (nSPS) is 11.2. The third kappa shape index (κ3) is 3.59. The molecular formula is C14H10Br2ClNO. The number of aliphatic imine (C=N–C) groups is 1. The minimum Gasteiger partial charge on any atom is -0.506 e. The van der Waals surface area contributed by atoms with Crippen molar-refractivity contribution < 1.29 is 5.11 Å². The summed E-state index contributed by atoms with van der Waals surface area (Å²) >= 11 is 12.6. The van der Waals surface area contributed by atoms with Gasteiger partial charge in [0.05, 0.1) is 10.2 Å². The van der Waals surface area contributed by atoms with Crippen LogP contribution in [0.25, 0.3) is 0 Å². The van der Waals surface area contributed by atoms with Gasteiger partial charge in [0.2, 0.25) is 0 Å². The summed E-state index contributed by atoms with van der Waals surface area (Å²) in [5, 5.41) is 10.4. The molecule has 0 amide bonds. The monoisotopic (exact) mass is 401 g/mol. The summed E-state index contributed by atoms with van der Waals surface area (Å²) in [6.07, 6.45) is 1.60. The number of benzene rings is 2. The van der Waals surface area contributed by atoms with Crippen molar-refractivity contribution in [1.29, 1.82) is 0 Å². The molecule has 2 aromatic rings. The van der Waals surface area contributed by atoms with Gasteiger partial charge in [0, 0.05) is 21.3 Å². The van der Waals surface area contributed by atoms with Crippen LogP contribution in [0, 0.1) is 6.92 Å². The molecule has 0 aromatic heterocycles. The summed E-state index contributed by atoms with van der Waals surface area (Å²) in [7, 11) is 0. The zero-order valence-corrected chi connectivity index (χ0v) is 13.9. The first-order valence-corrected chi connectivity index (χ1v) is 7.42. The highest BCUT2D eigenvalue weighted by molar-refractivity contribution is 9.10. The average molecular weight is 404 g/mol. The van der Waals surface area contributed by atoms with E-state index in [9.17, 15) is 5.11 Å². The Kier molecular flexibility index (Phi) is 4.66. The van der Waals surface area contributed by atoms with Crippen LogP contribution >= 0.6 is 43.5 Å². The molecule has 2 rings (SSSR count). The largest absolute Gasteiger partial charge is 0.506 e. The van der Waals surface area contributed by atoms with Gasteiger partial charge in [-0.25, -0.2) is 0 Å². The molecular weight excluding hydrogens is 393 g/mol. The van der Waals surface area contributed by atoms with Crippen LogP contribution < -0.4 is 0 Å². The van der Waals surface area contributed by atoms with Gasteiger partial charge in [0.1, 0.15) is 5.75 Å². The number of aryl methyl sites for hydroxylation is 1. The quantitative estimate of drug-likeness (QED) is 0.648. The summed E-state index contributed by atoms with van der Waals surface area (Å²) in [5.74, 6) is 0.128. The Bertz CT molecular complexity index is 656. The van der Waals surface area contributed by atoms with Crippen molar-refractivity contribution in [2.75, 3.05) is 0 Å². The van der Waals surface area contributed by atoms with Gasteiger partial charge in [-0.1, -0.05) is 27.5 Å². The Hall–Kier alpha value is -0.840. The second kappa shape index (κ2) is 6.07. The lowest BCUT2D eigenvalue weighted by Crippen LogP contribution is -1.85. The molecule has 0 unspecified atom stereocenters. The van der Waals surface area contributed by atoms with E-state index in [1.54, 1.807) is 18.3 Å². The number of nitrogens with zero attached hydrogens (tertiary/aromatic N) is 1. The Morgan fingerprint density at radius 3 is 2.63 bits per heavy atom. The molecule has 19 heavy (non-hydrogen) atoms. The lowest BCUT2D eigenvalue weighted by atomic mass is 10.2. The van der Waals surface area contributed by atoms with Gasteiger partial charge in [0.15, 0.2) is 0 Å². The van der Waals surface area contributed by atoms with Gasteiger partial charge < -0.3 is 5.11 Å². The average Bonchev–Trinajstić information content (AvgIpc) is 2.33. The van der Waals surface area contributed by atoms with E-state index in [0.29, 0.717) is 15.1 Å². The summed E-state index contributed by atoms with van der Waals surface area (Å²) in [4.78, 5) is 4.37. The first-order chi connectivity index (χ1) is 8.97. The number of aromatic hydroxyl groups is 1. The Labute approximate surface area is 133 Å². The number of halogens is 3. The maximum Gasteiger partial charge on any atom is 0.138 e. The lowest BCUT2D eigenvalue weighted by Gasteiger charge is -2.04. The molecule has 0 heterocycles. The minimum absolute atomic E-state index is 0.128. The van der Waals surface area contributed by atoms with Gasteiger partial charge in [0.25, 0.3) is 0 Å².